The Kier molecular flexibility index (Phi) is 5.55. The lowest BCUT2D eigenvalue weighted by atomic mass is 9.86. The van der Waals surface area contributed by atoms with Crippen LogP contribution >= 0.6 is 11.8 Å². The SMILES string of the molecule is O=C(O)[C@@H]1CSCN1C(=O)CCCC1CCCCC1. The molecule has 0 bridgehead atoms. The molecule has 0 aromatic heterocycles. The number of aliphatic carboxylic acids is 1. The molecule has 108 valence electrons. The highest BCUT2D eigenvalue weighted by Gasteiger charge is 2.34. The van der Waals surface area contributed by atoms with E-state index >= 15 is 0 Å². The molecular formula is C14H23NO3S. The third kappa shape index (κ3) is 4.13. The van der Waals surface area contributed by atoms with Crippen LogP contribution < -0.4 is 0 Å². The van der Waals surface area contributed by atoms with Gasteiger partial charge in [0.1, 0.15) is 6.04 Å². The van der Waals surface area contributed by atoms with Gasteiger partial charge in [0.2, 0.25) is 5.91 Å². The van der Waals surface area contributed by atoms with Gasteiger partial charge in [0, 0.05) is 12.2 Å². The van der Waals surface area contributed by atoms with Crippen LogP contribution in [0.4, 0.5) is 0 Å². The summed E-state index contributed by atoms with van der Waals surface area (Å²) in [6.07, 6.45) is 9.21. The van der Waals surface area contributed by atoms with Crippen molar-refractivity contribution in [3.05, 3.63) is 0 Å². The number of carbonyl (C=O) groups excluding carboxylic acids is 1. The van der Waals surface area contributed by atoms with Gasteiger partial charge in [-0.2, -0.15) is 0 Å². The molecule has 1 saturated heterocycles. The first-order chi connectivity index (χ1) is 9.18. The molecule has 1 aliphatic carbocycles. The minimum Gasteiger partial charge on any atom is -0.480 e. The van der Waals surface area contributed by atoms with E-state index in [1.807, 2.05) is 0 Å². The fraction of sp³-hybridized carbons (Fsp3) is 0.857. The molecule has 1 N–H and O–H groups in total. The lowest BCUT2D eigenvalue weighted by molar-refractivity contribution is -0.147. The zero-order valence-corrected chi connectivity index (χ0v) is 12.2. The predicted octanol–water partition coefficient (Wildman–Crippen LogP) is 2.72. The van der Waals surface area contributed by atoms with E-state index in [9.17, 15) is 9.59 Å². The summed E-state index contributed by atoms with van der Waals surface area (Å²) >= 11 is 1.53. The molecule has 1 heterocycles. The van der Waals surface area contributed by atoms with Gasteiger partial charge in [0.25, 0.3) is 0 Å². The minimum atomic E-state index is -0.870. The van der Waals surface area contributed by atoms with Gasteiger partial charge in [0.15, 0.2) is 0 Å². The molecule has 5 heteroatoms. The maximum absolute atomic E-state index is 12.1. The van der Waals surface area contributed by atoms with Gasteiger partial charge < -0.3 is 10.0 Å². The average molecular weight is 285 g/mol. The first-order valence-electron chi connectivity index (χ1n) is 7.28. The summed E-state index contributed by atoms with van der Waals surface area (Å²) in [7, 11) is 0. The van der Waals surface area contributed by atoms with Gasteiger partial charge >= 0.3 is 5.97 Å². The smallest absolute Gasteiger partial charge is 0.327 e. The second kappa shape index (κ2) is 7.17. The topological polar surface area (TPSA) is 57.6 Å². The van der Waals surface area contributed by atoms with Crippen molar-refractivity contribution in [1.29, 1.82) is 0 Å². The van der Waals surface area contributed by atoms with Crippen molar-refractivity contribution in [3.63, 3.8) is 0 Å². The summed E-state index contributed by atoms with van der Waals surface area (Å²) in [5, 5.41) is 9.05. The minimum absolute atomic E-state index is 0.0215. The molecule has 0 radical (unpaired) electrons. The summed E-state index contributed by atoms with van der Waals surface area (Å²) in [5.74, 6) is 1.02. The van der Waals surface area contributed by atoms with E-state index in [4.69, 9.17) is 5.11 Å². The third-order valence-corrected chi connectivity index (χ3v) is 5.23. The van der Waals surface area contributed by atoms with Gasteiger partial charge in [0.05, 0.1) is 5.88 Å². The Morgan fingerprint density at radius 1 is 1.21 bits per heavy atom. The van der Waals surface area contributed by atoms with Crippen LogP contribution in [0.1, 0.15) is 51.4 Å². The van der Waals surface area contributed by atoms with Crippen molar-refractivity contribution in [2.24, 2.45) is 5.92 Å². The maximum Gasteiger partial charge on any atom is 0.327 e. The van der Waals surface area contributed by atoms with Crippen LogP contribution in [0.25, 0.3) is 0 Å². The Bertz CT molecular complexity index is 329. The maximum atomic E-state index is 12.1. The normalized spacial score (nSPS) is 24.6. The molecule has 0 aromatic rings. The number of hydrogen-bond donors (Lipinski definition) is 1. The molecular weight excluding hydrogens is 262 g/mol. The molecule has 1 atom stereocenters. The Morgan fingerprint density at radius 3 is 2.63 bits per heavy atom. The Labute approximate surface area is 118 Å². The summed E-state index contributed by atoms with van der Waals surface area (Å²) < 4.78 is 0. The third-order valence-electron chi connectivity index (χ3n) is 4.22. The number of nitrogens with zero attached hydrogens (tertiary/aromatic N) is 1. The van der Waals surface area contributed by atoms with Gasteiger partial charge in [-0.1, -0.05) is 32.1 Å². The van der Waals surface area contributed by atoms with Gasteiger partial charge in [-0.25, -0.2) is 4.79 Å². The van der Waals surface area contributed by atoms with E-state index in [0.717, 1.165) is 18.8 Å². The number of amides is 1. The molecule has 2 fully saturated rings. The molecule has 4 nitrogen and oxygen atoms in total. The fourth-order valence-corrected chi connectivity index (χ4v) is 4.23. The van der Waals surface area contributed by atoms with Crippen LogP contribution in [-0.4, -0.2) is 39.6 Å². The summed E-state index contributed by atoms with van der Waals surface area (Å²) in [4.78, 5) is 24.6. The number of carboxylic acid groups (broad SMARTS) is 1. The molecule has 1 amide bonds. The van der Waals surface area contributed by atoms with Crippen LogP contribution in [0.3, 0.4) is 0 Å². The molecule has 0 unspecified atom stereocenters. The van der Waals surface area contributed by atoms with Crippen molar-refractivity contribution >= 4 is 23.6 Å². The zero-order chi connectivity index (χ0) is 13.7. The zero-order valence-electron chi connectivity index (χ0n) is 11.3. The van der Waals surface area contributed by atoms with Crippen molar-refractivity contribution in [3.8, 4) is 0 Å². The average Bonchev–Trinajstić information content (AvgIpc) is 2.89. The van der Waals surface area contributed by atoms with Crippen molar-refractivity contribution in [1.82, 2.24) is 4.90 Å². The second-order valence-electron chi connectivity index (χ2n) is 5.61. The van der Waals surface area contributed by atoms with Crippen LogP contribution in [0.2, 0.25) is 0 Å². The summed E-state index contributed by atoms with van der Waals surface area (Å²) in [5.41, 5.74) is 0. The number of hydrogen-bond acceptors (Lipinski definition) is 3. The van der Waals surface area contributed by atoms with Crippen molar-refractivity contribution < 1.29 is 14.7 Å². The standard InChI is InChI=1S/C14H23NO3S/c16-13(15-10-19-9-12(15)14(17)18)8-4-7-11-5-2-1-3-6-11/h11-12H,1-10H2,(H,17,18)/t12-/m0/s1. The van der Waals surface area contributed by atoms with Gasteiger partial charge in [-0.05, 0) is 18.8 Å². The van der Waals surface area contributed by atoms with Crippen LogP contribution in [-0.2, 0) is 9.59 Å². The van der Waals surface area contributed by atoms with E-state index in [2.05, 4.69) is 0 Å². The molecule has 0 spiro atoms. The van der Waals surface area contributed by atoms with E-state index in [1.165, 1.54) is 48.8 Å². The summed E-state index contributed by atoms with van der Waals surface area (Å²) in [6, 6.07) is -0.604. The molecule has 1 saturated carbocycles. The largest absolute Gasteiger partial charge is 0.480 e. The Hall–Kier alpha value is -0.710. The highest BCUT2D eigenvalue weighted by molar-refractivity contribution is 7.99. The van der Waals surface area contributed by atoms with Gasteiger partial charge in [-0.3, -0.25) is 4.79 Å². The quantitative estimate of drug-likeness (QED) is 0.844. The van der Waals surface area contributed by atoms with E-state index in [-0.39, 0.29) is 5.91 Å². The predicted molar refractivity (Wildman–Crippen MR) is 76.0 cm³/mol. The monoisotopic (exact) mass is 285 g/mol. The number of rotatable bonds is 5. The number of carboxylic acids is 1. The molecule has 2 aliphatic rings. The highest BCUT2D eigenvalue weighted by Crippen LogP contribution is 2.28. The van der Waals surface area contributed by atoms with Crippen LogP contribution in [0.15, 0.2) is 0 Å². The number of thioether (sulfide) groups is 1. The number of carbonyl (C=O) groups is 2. The van der Waals surface area contributed by atoms with E-state index in [0.29, 0.717) is 18.1 Å². The Morgan fingerprint density at radius 2 is 1.95 bits per heavy atom. The highest BCUT2D eigenvalue weighted by atomic mass is 32.2. The lowest BCUT2D eigenvalue weighted by Crippen LogP contribution is -2.41. The molecule has 1 aliphatic heterocycles. The van der Waals surface area contributed by atoms with Crippen molar-refractivity contribution in [2.75, 3.05) is 11.6 Å². The molecule has 19 heavy (non-hydrogen) atoms. The van der Waals surface area contributed by atoms with E-state index in [1.54, 1.807) is 0 Å². The first kappa shape index (κ1) is 14.7. The van der Waals surface area contributed by atoms with Gasteiger partial charge in [-0.15, -0.1) is 11.8 Å². The second-order valence-corrected chi connectivity index (χ2v) is 6.61. The molecule has 0 aromatic carbocycles. The Balaban J connectivity index is 1.70. The van der Waals surface area contributed by atoms with Crippen LogP contribution in [0.5, 0.6) is 0 Å². The van der Waals surface area contributed by atoms with Crippen LogP contribution in [0, 0.1) is 5.92 Å². The first-order valence-corrected chi connectivity index (χ1v) is 8.44. The lowest BCUT2D eigenvalue weighted by Gasteiger charge is -2.23. The fourth-order valence-electron chi connectivity index (χ4n) is 3.05. The summed E-state index contributed by atoms with van der Waals surface area (Å²) in [6.45, 7) is 0. The van der Waals surface area contributed by atoms with E-state index < -0.39 is 12.0 Å². The van der Waals surface area contributed by atoms with Crippen molar-refractivity contribution in [2.45, 2.75) is 57.4 Å². The molecule has 2 rings (SSSR count).